The van der Waals surface area contributed by atoms with Crippen molar-refractivity contribution in [2.24, 2.45) is 0 Å². The molecule has 1 aliphatic heterocycles. The average molecular weight is 585 g/mol. The van der Waals surface area contributed by atoms with E-state index < -0.39 is 69.1 Å². The molecule has 0 saturated carbocycles. The van der Waals surface area contributed by atoms with Crippen LogP contribution in [0.5, 0.6) is 0 Å². The van der Waals surface area contributed by atoms with Crippen LogP contribution in [0.15, 0.2) is 54.6 Å². The summed E-state index contributed by atoms with van der Waals surface area (Å²) in [5.41, 5.74) is -5.32. The van der Waals surface area contributed by atoms with Crippen LogP contribution in [0.25, 0.3) is 0 Å². The minimum atomic E-state index is -5.24. The topological polar surface area (TPSA) is 65.1 Å². The molecule has 2 aromatic rings. The Labute approximate surface area is 236 Å². The van der Waals surface area contributed by atoms with Crippen molar-refractivity contribution in [3.8, 4) is 0 Å². The second-order valence-electron chi connectivity index (χ2n) is 11.8. The molecular weight excluding hydrogens is 549 g/mol. The molecule has 2 aromatic carbocycles. The second kappa shape index (κ2) is 11.2. The predicted molar refractivity (Wildman–Crippen MR) is 146 cm³/mol. The third-order valence-corrected chi connectivity index (χ3v) is 9.18. The van der Waals surface area contributed by atoms with Crippen molar-refractivity contribution in [2.45, 2.75) is 88.6 Å². The number of nitrogens with zero attached hydrogens (tertiary/aromatic N) is 1. The van der Waals surface area contributed by atoms with Gasteiger partial charge in [0.1, 0.15) is 16.8 Å². The van der Waals surface area contributed by atoms with E-state index in [2.05, 4.69) is 0 Å². The summed E-state index contributed by atoms with van der Waals surface area (Å²) in [5.74, 6) is -3.41. The lowest BCUT2D eigenvalue weighted by molar-refractivity contribution is -0.268. The lowest BCUT2D eigenvalue weighted by Crippen LogP contribution is -2.64. The fraction of sp³-hybridized carbons (Fsp3) is 0.536. The molecule has 0 radical (unpaired) electrons. The predicted octanol–water partition coefficient (Wildman–Crippen LogP) is 5.76. The Morgan fingerprint density at radius 1 is 0.975 bits per heavy atom. The van der Waals surface area contributed by atoms with Crippen LogP contribution in [0.4, 0.5) is 17.6 Å². The molecule has 3 atom stereocenters. The zero-order valence-electron chi connectivity index (χ0n) is 24.0. The maximum absolute atomic E-state index is 15.0. The highest BCUT2D eigenvalue weighted by Crippen LogP contribution is 2.46. The van der Waals surface area contributed by atoms with Crippen molar-refractivity contribution in [3.63, 3.8) is 0 Å². The molecule has 0 N–H and O–H groups in total. The van der Waals surface area contributed by atoms with Crippen molar-refractivity contribution < 1.29 is 40.6 Å². The first-order valence-corrected chi connectivity index (χ1v) is 13.9. The van der Waals surface area contributed by atoms with E-state index in [4.69, 9.17) is 14.0 Å². The van der Waals surface area contributed by atoms with Crippen LogP contribution in [0.2, 0.25) is 0 Å². The zero-order chi connectivity index (χ0) is 30.3. The van der Waals surface area contributed by atoms with Gasteiger partial charge in [0.25, 0.3) is 11.5 Å². The summed E-state index contributed by atoms with van der Waals surface area (Å²) in [6.45, 7) is 11.7. The van der Waals surface area contributed by atoms with Crippen LogP contribution in [-0.4, -0.2) is 56.7 Å². The summed E-state index contributed by atoms with van der Waals surface area (Å²) in [5, 5.41) is 0. The number of halogens is 4. The summed E-state index contributed by atoms with van der Waals surface area (Å²) in [6, 6.07) is 11.8. The van der Waals surface area contributed by atoms with Gasteiger partial charge in [0, 0.05) is 12.7 Å². The van der Waals surface area contributed by atoms with Gasteiger partial charge >= 0.3 is 13.3 Å². The van der Waals surface area contributed by atoms with Gasteiger partial charge < -0.3 is 14.0 Å². The first kappa shape index (κ1) is 32.2. The lowest BCUT2D eigenvalue weighted by Gasteiger charge is -2.42. The molecule has 1 saturated heterocycles. The number of benzene rings is 2. The SMILES string of the molecule is CO[C@@](C(=O)N([C@@H](Cc1ccc(F)cc1)B1OC(C)(C)C(C)(C)O1)[S@](=O)C(C)(C)C)(c1ccccc1)C(F)(F)F. The Hall–Kier alpha value is -2.28. The number of methoxy groups -OCH3 is 1. The normalized spacial score (nSPS) is 20.1. The molecule has 0 spiro atoms. The molecule has 40 heavy (non-hydrogen) atoms. The van der Waals surface area contributed by atoms with Crippen LogP contribution >= 0.6 is 0 Å². The summed E-state index contributed by atoms with van der Waals surface area (Å²) in [7, 11) is -2.83. The van der Waals surface area contributed by atoms with Gasteiger partial charge in [0.05, 0.1) is 21.9 Å². The fourth-order valence-corrected chi connectivity index (χ4v) is 5.69. The highest BCUT2D eigenvalue weighted by atomic mass is 32.2. The Morgan fingerprint density at radius 3 is 1.90 bits per heavy atom. The lowest BCUT2D eigenvalue weighted by atomic mass is 9.74. The minimum absolute atomic E-state index is 0.142. The largest absolute Gasteiger partial charge is 0.483 e. The van der Waals surface area contributed by atoms with Crippen molar-refractivity contribution in [2.75, 3.05) is 7.11 Å². The average Bonchev–Trinajstić information content (AvgIpc) is 3.06. The molecule has 220 valence electrons. The Balaban J connectivity index is 2.30. The van der Waals surface area contributed by atoms with Crippen molar-refractivity contribution in [3.05, 3.63) is 71.5 Å². The van der Waals surface area contributed by atoms with Crippen LogP contribution in [0.3, 0.4) is 0 Å². The number of amides is 1. The standard InChI is InChI=1S/C28H36BF4NO5S/c1-24(2,3)40(36)34(23(35)27(37-8,28(31,32)33)20-12-10-9-11-13-20)22(18-19-14-16-21(30)17-15-19)29-38-25(4,5)26(6,7)39-29/h9-17,22H,18H2,1-8H3/t22-,27+,40+/m0/s1. The molecule has 6 nitrogen and oxygen atoms in total. The molecule has 0 aromatic heterocycles. The fourth-order valence-electron chi connectivity index (χ4n) is 4.40. The van der Waals surface area contributed by atoms with E-state index in [-0.39, 0.29) is 6.42 Å². The van der Waals surface area contributed by atoms with Crippen molar-refractivity contribution in [1.82, 2.24) is 4.31 Å². The van der Waals surface area contributed by atoms with Gasteiger partial charge in [-0.15, -0.1) is 0 Å². The van der Waals surface area contributed by atoms with Gasteiger partial charge in [-0.05, 0) is 72.6 Å². The molecule has 0 bridgehead atoms. The number of carbonyl (C=O) groups excluding carboxylic acids is 1. The maximum Gasteiger partial charge on any atom is 0.483 e. The zero-order valence-corrected chi connectivity index (χ0v) is 24.8. The Bertz CT molecular complexity index is 1200. The van der Waals surface area contributed by atoms with E-state index in [9.17, 15) is 13.4 Å². The van der Waals surface area contributed by atoms with E-state index in [1.165, 1.54) is 42.5 Å². The van der Waals surface area contributed by atoms with Gasteiger partial charge in [-0.25, -0.2) is 8.60 Å². The number of carbonyl (C=O) groups is 1. The van der Waals surface area contributed by atoms with E-state index in [0.717, 1.165) is 19.2 Å². The number of hydrogen-bond donors (Lipinski definition) is 0. The minimum Gasteiger partial charge on any atom is -0.402 e. The van der Waals surface area contributed by atoms with Crippen LogP contribution in [0.1, 0.15) is 59.6 Å². The summed E-state index contributed by atoms with van der Waals surface area (Å²) >= 11 is 0. The monoisotopic (exact) mass is 585 g/mol. The number of rotatable bonds is 8. The molecule has 12 heteroatoms. The van der Waals surface area contributed by atoms with E-state index >= 15 is 13.2 Å². The van der Waals surface area contributed by atoms with Crippen LogP contribution in [0, 0.1) is 5.82 Å². The van der Waals surface area contributed by atoms with Gasteiger partial charge in [-0.2, -0.15) is 13.2 Å². The molecule has 3 rings (SSSR count). The Morgan fingerprint density at radius 2 is 1.48 bits per heavy atom. The number of hydrogen-bond acceptors (Lipinski definition) is 5. The van der Waals surface area contributed by atoms with E-state index in [0.29, 0.717) is 9.87 Å². The van der Waals surface area contributed by atoms with Crippen molar-refractivity contribution in [1.29, 1.82) is 0 Å². The van der Waals surface area contributed by atoms with Crippen LogP contribution < -0.4 is 0 Å². The molecule has 1 amide bonds. The van der Waals surface area contributed by atoms with Gasteiger partial charge in [-0.1, -0.05) is 42.5 Å². The quantitative estimate of drug-likeness (QED) is 0.291. The maximum atomic E-state index is 15.0. The highest BCUT2D eigenvalue weighted by molar-refractivity contribution is 7.84. The Kier molecular flexibility index (Phi) is 9.02. The first-order valence-electron chi connectivity index (χ1n) is 12.8. The molecule has 1 heterocycles. The molecule has 1 fully saturated rings. The third-order valence-electron chi connectivity index (χ3n) is 7.33. The van der Waals surface area contributed by atoms with Gasteiger partial charge in [-0.3, -0.25) is 9.10 Å². The van der Waals surface area contributed by atoms with E-state index in [1.807, 2.05) is 0 Å². The second-order valence-corrected chi connectivity index (χ2v) is 13.9. The van der Waals surface area contributed by atoms with E-state index in [1.54, 1.807) is 48.5 Å². The summed E-state index contributed by atoms with van der Waals surface area (Å²) in [4.78, 5) is 14.4. The van der Waals surface area contributed by atoms with Gasteiger partial charge in [0.2, 0.25) is 0 Å². The molecule has 0 aliphatic carbocycles. The van der Waals surface area contributed by atoms with Crippen molar-refractivity contribution >= 4 is 24.0 Å². The number of ether oxygens (including phenoxy) is 1. The smallest absolute Gasteiger partial charge is 0.402 e. The van der Waals surface area contributed by atoms with Crippen LogP contribution in [-0.2, 0) is 41.8 Å². The highest BCUT2D eigenvalue weighted by Gasteiger charge is 2.67. The molecule has 0 unspecified atom stereocenters. The van der Waals surface area contributed by atoms with Gasteiger partial charge in [0.15, 0.2) is 0 Å². The first-order chi connectivity index (χ1) is 18.3. The third kappa shape index (κ3) is 6.00. The summed E-state index contributed by atoms with van der Waals surface area (Å²) in [6.07, 6.45) is -5.38. The molecular formula is C28H36BF4NO5S. The summed E-state index contributed by atoms with van der Waals surface area (Å²) < 4.78 is 89.9. The number of alkyl halides is 3. The molecule has 1 aliphatic rings.